The maximum atomic E-state index is 12.7. The van der Waals surface area contributed by atoms with Gasteiger partial charge in [-0.05, 0) is 49.7 Å². The highest BCUT2D eigenvalue weighted by molar-refractivity contribution is 6.30. The van der Waals surface area contributed by atoms with E-state index in [2.05, 4.69) is 6.58 Å². The molecule has 116 valence electrons. The van der Waals surface area contributed by atoms with Crippen LogP contribution in [0.1, 0.15) is 11.1 Å². The highest BCUT2D eigenvalue weighted by Gasteiger charge is 2.16. The lowest BCUT2D eigenvalue weighted by Crippen LogP contribution is -2.08. The molecule has 1 N–H and O–H groups in total. The molecule has 2 aromatic carbocycles. The van der Waals surface area contributed by atoms with Crippen LogP contribution in [0.4, 0.5) is 0 Å². The van der Waals surface area contributed by atoms with Crippen molar-refractivity contribution >= 4 is 22.6 Å². The second-order valence-electron chi connectivity index (χ2n) is 5.32. The summed E-state index contributed by atoms with van der Waals surface area (Å²) in [7, 11) is 0. The number of phenols is 1. The monoisotopic (exact) mass is 326 g/mol. The minimum absolute atomic E-state index is 0.0893. The smallest absolute Gasteiger partial charge is 0.196 e. The molecule has 3 rings (SSSR count). The zero-order valence-electron chi connectivity index (χ0n) is 12.6. The molecule has 3 aromatic rings. The van der Waals surface area contributed by atoms with Crippen molar-refractivity contribution in [2.24, 2.45) is 0 Å². The fraction of sp³-hybridized carbons (Fsp3) is 0.105. The molecule has 0 aliphatic carbocycles. The molecule has 0 aliphatic rings. The summed E-state index contributed by atoms with van der Waals surface area (Å²) in [5, 5.41) is 11.1. The molecule has 0 atom stereocenters. The minimum atomic E-state index is -0.110. The Hall–Kier alpha value is -2.52. The molecule has 0 aliphatic heterocycles. The third-order valence-corrected chi connectivity index (χ3v) is 4.07. The Kier molecular flexibility index (Phi) is 3.97. The summed E-state index contributed by atoms with van der Waals surface area (Å²) < 4.78 is 6.01. The summed E-state index contributed by atoms with van der Waals surface area (Å²) in [5.41, 5.74) is 2.13. The van der Waals surface area contributed by atoms with Gasteiger partial charge in [-0.15, -0.1) is 6.58 Å². The van der Waals surface area contributed by atoms with Gasteiger partial charge in [0.2, 0.25) is 0 Å². The molecule has 1 aromatic heterocycles. The number of halogens is 1. The van der Waals surface area contributed by atoms with Crippen LogP contribution in [0.15, 0.2) is 58.3 Å². The first-order valence-electron chi connectivity index (χ1n) is 7.18. The van der Waals surface area contributed by atoms with Gasteiger partial charge in [-0.25, -0.2) is 0 Å². The van der Waals surface area contributed by atoms with Crippen molar-refractivity contribution in [1.29, 1.82) is 0 Å². The van der Waals surface area contributed by atoms with Gasteiger partial charge in [-0.2, -0.15) is 0 Å². The van der Waals surface area contributed by atoms with E-state index in [1.165, 1.54) is 6.07 Å². The van der Waals surface area contributed by atoms with Crippen molar-refractivity contribution in [3.63, 3.8) is 0 Å². The van der Waals surface area contributed by atoms with Crippen molar-refractivity contribution in [3.05, 3.63) is 75.4 Å². The van der Waals surface area contributed by atoms with E-state index in [-0.39, 0.29) is 11.2 Å². The van der Waals surface area contributed by atoms with Crippen molar-refractivity contribution in [2.45, 2.75) is 13.3 Å². The summed E-state index contributed by atoms with van der Waals surface area (Å²) in [6, 6.07) is 10.2. The lowest BCUT2D eigenvalue weighted by molar-refractivity contribution is 0.468. The van der Waals surface area contributed by atoms with E-state index < -0.39 is 0 Å². The molecule has 0 spiro atoms. The number of rotatable bonds is 3. The molecule has 0 unspecified atom stereocenters. The summed E-state index contributed by atoms with van der Waals surface area (Å²) in [6.07, 6.45) is 2.07. The average molecular weight is 327 g/mol. The van der Waals surface area contributed by atoms with Gasteiger partial charge >= 0.3 is 0 Å². The second-order valence-corrected chi connectivity index (χ2v) is 5.76. The van der Waals surface area contributed by atoms with E-state index in [0.717, 1.165) is 5.56 Å². The van der Waals surface area contributed by atoms with Crippen LogP contribution in [-0.2, 0) is 6.42 Å². The maximum absolute atomic E-state index is 12.7. The van der Waals surface area contributed by atoms with E-state index in [9.17, 15) is 9.90 Å². The molecule has 4 heteroatoms. The quantitative estimate of drug-likeness (QED) is 0.699. The van der Waals surface area contributed by atoms with Gasteiger partial charge in [0.25, 0.3) is 0 Å². The Morgan fingerprint density at radius 1 is 1.22 bits per heavy atom. The van der Waals surface area contributed by atoms with Gasteiger partial charge in [0.15, 0.2) is 5.43 Å². The van der Waals surface area contributed by atoms with Gasteiger partial charge in [0.05, 0.1) is 5.39 Å². The fourth-order valence-corrected chi connectivity index (χ4v) is 2.74. The molecule has 0 saturated heterocycles. The van der Waals surface area contributed by atoms with E-state index in [1.807, 2.05) is 0 Å². The molecule has 0 radical (unpaired) electrons. The Labute approximate surface area is 138 Å². The van der Waals surface area contributed by atoms with E-state index in [0.29, 0.717) is 39.3 Å². The number of fused-ring (bicyclic) bond motifs is 1. The lowest BCUT2D eigenvalue weighted by Gasteiger charge is -2.11. The normalized spacial score (nSPS) is 10.9. The first-order valence-corrected chi connectivity index (χ1v) is 7.56. The minimum Gasteiger partial charge on any atom is -0.508 e. The van der Waals surface area contributed by atoms with Crippen molar-refractivity contribution in [1.82, 2.24) is 0 Å². The molecular formula is C19H15ClO3. The Morgan fingerprint density at radius 3 is 2.57 bits per heavy atom. The zero-order chi connectivity index (χ0) is 16.6. The number of aromatic hydroxyl groups is 1. The van der Waals surface area contributed by atoms with Gasteiger partial charge in [0, 0.05) is 21.7 Å². The van der Waals surface area contributed by atoms with Crippen molar-refractivity contribution < 1.29 is 9.52 Å². The molecule has 3 nitrogen and oxygen atoms in total. The number of hydrogen-bond donors (Lipinski definition) is 1. The molecule has 0 saturated carbocycles. The summed E-state index contributed by atoms with van der Waals surface area (Å²) >= 11 is 5.92. The molecular weight excluding hydrogens is 312 g/mol. The molecule has 23 heavy (non-hydrogen) atoms. The first-order chi connectivity index (χ1) is 11.0. The van der Waals surface area contributed by atoms with E-state index in [4.69, 9.17) is 16.0 Å². The largest absolute Gasteiger partial charge is 0.508 e. The molecule has 0 fully saturated rings. The SMILES string of the molecule is C=CCc1c(O)ccc2c(=O)c(C)c(-c3ccc(Cl)cc3)oc12. The lowest BCUT2D eigenvalue weighted by atomic mass is 10.0. The highest BCUT2D eigenvalue weighted by atomic mass is 35.5. The number of hydrogen-bond acceptors (Lipinski definition) is 3. The summed E-state index contributed by atoms with van der Waals surface area (Å²) in [6.45, 7) is 5.42. The predicted molar refractivity (Wildman–Crippen MR) is 93.2 cm³/mol. The highest BCUT2D eigenvalue weighted by Crippen LogP contribution is 2.32. The van der Waals surface area contributed by atoms with E-state index in [1.54, 1.807) is 43.3 Å². The average Bonchev–Trinajstić information content (AvgIpc) is 2.54. The van der Waals surface area contributed by atoms with Crippen LogP contribution >= 0.6 is 11.6 Å². The number of phenolic OH excluding ortho intramolecular Hbond substituents is 1. The van der Waals surface area contributed by atoms with Gasteiger partial charge in [-0.3, -0.25) is 4.79 Å². The van der Waals surface area contributed by atoms with Gasteiger partial charge in [-0.1, -0.05) is 17.7 Å². The Balaban J connectivity index is 2.38. The van der Waals surface area contributed by atoms with Crippen molar-refractivity contribution in [2.75, 3.05) is 0 Å². The van der Waals surface area contributed by atoms with Crippen LogP contribution in [0.2, 0.25) is 5.02 Å². The zero-order valence-corrected chi connectivity index (χ0v) is 13.4. The topological polar surface area (TPSA) is 50.4 Å². The van der Waals surface area contributed by atoms with Crippen LogP contribution in [0.25, 0.3) is 22.3 Å². The standard InChI is InChI=1S/C19H15ClO3/c1-3-4-14-16(21)10-9-15-17(22)11(2)18(23-19(14)15)12-5-7-13(20)8-6-12/h3,5-10,21H,1,4H2,2H3. The third kappa shape index (κ3) is 2.64. The van der Waals surface area contributed by atoms with E-state index >= 15 is 0 Å². The van der Waals surface area contributed by atoms with Crippen LogP contribution in [0.3, 0.4) is 0 Å². The number of benzene rings is 2. The Morgan fingerprint density at radius 2 is 1.91 bits per heavy atom. The van der Waals surface area contributed by atoms with Gasteiger partial charge < -0.3 is 9.52 Å². The predicted octanol–water partition coefficient (Wildman–Crippen LogP) is 4.86. The molecule has 1 heterocycles. The number of allylic oxidation sites excluding steroid dienone is 1. The van der Waals surface area contributed by atoms with Crippen LogP contribution in [0.5, 0.6) is 5.75 Å². The second kappa shape index (κ2) is 5.94. The Bertz CT molecular complexity index is 953. The molecule has 0 amide bonds. The first kappa shape index (κ1) is 15.4. The fourth-order valence-electron chi connectivity index (χ4n) is 2.61. The van der Waals surface area contributed by atoms with Crippen LogP contribution < -0.4 is 5.43 Å². The van der Waals surface area contributed by atoms with Gasteiger partial charge in [0.1, 0.15) is 17.1 Å². The summed E-state index contributed by atoms with van der Waals surface area (Å²) in [4.78, 5) is 12.7. The maximum Gasteiger partial charge on any atom is 0.196 e. The van der Waals surface area contributed by atoms with Crippen molar-refractivity contribution in [3.8, 4) is 17.1 Å². The van der Waals surface area contributed by atoms with Crippen LogP contribution in [0, 0.1) is 6.92 Å². The van der Waals surface area contributed by atoms with Crippen LogP contribution in [-0.4, -0.2) is 5.11 Å². The summed E-state index contributed by atoms with van der Waals surface area (Å²) in [5.74, 6) is 0.571. The molecule has 0 bridgehead atoms. The third-order valence-electron chi connectivity index (χ3n) is 3.82.